The fourth-order valence-corrected chi connectivity index (χ4v) is 4.98. The summed E-state index contributed by atoms with van der Waals surface area (Å²) in [7, 11) is 0. The van der Waals surface area contributed by atoms with E-state index < -0.39 is 0 Å². The molecule has 1 saturated carbocycles. The van der Waals surface area contributed by atoms with Crippen LogP contribution >= 0.6 is 0 Å². The lowest BCUT2D eigenvalue weighted by Gasteiger charge is -2.27. The smallest absolute Gasteiger partial charge is 0.226 e. The van der Waals surface area contributed by atoms with E-state index >= 15 is 0 Å². The summed E-state index contributed by atoms with van der Waals surface area (Å²) >= 11 is 0. The number of nitrogens with one attached hydrogen (secondary N) is 1. The highest BCUT2D eigenvalue weighted by molar-refractivity contribution is 5.83. The van der Waals surface area contributed by atoms with Crippen LogP contribution in [0.5, 0.6) is 0 Å². The molecule has 1 aromatic carbocycles. The third kappa shape index (κ3) is 2.59. The largest absolute Gasteiger partial charge is 0.339 e. The van der Waals surface area contributed by atoms with Crippen LogP contribution in [0.1, 0.15) is 49.7 Å². The van der Waals surface area contributed by atoms with Crippen LogP contribution in [0.15, 0.2) is 24.3 Å². The van der Waals surface area contributed by atoms with Gasteiger partial charge in [0.25, 0.3) is 0 Å². The Labute approximate surface area is 139 Å². The molecule has 1 amide bonds. The van der Waals surface area contributed by atoms with Gasteiger partial charge in [-0.25, -0.2) is 0 Å². The SMILES string of the molecule is Cc1ccccc1C1CC(C)N(C(=O)C2CC23CCNCC3)C1. The van der Waals surface area contributed by atoms with Crippen molar-refractivity contribution in [3.8, 4) is 0 Å². The van der Waals surface area contributed by atoms with Crippen molar-refractivity contribution in [1.29, 1.82) is 0 Å². The van der Waals surface area contributed by atoms with E-state index in [0.29, 0.717) is 29.2 Å². The highest BCUT2D eigenvalue weighted by Gasteiger charge is 2.59. The molecular weight excluding hydrogens is 284 g/mol. The second kappa shape index (κ2) is 5.62. The van der Waals surface area contributed by atoms with Crippen molar-refractivity contribution in [2.24, 2.45) is 11.3 Å². The number of nitrogens with zero attached hydrogens (tertiary/aromatic N) is 1. The number of rotatable bonds is 2. The second-order valence-electron chi connectivity index (χ2n) is 8.00. The van der Waals surface area contributed by atoms with Gasteiger partial charge in [-0.1, -0.05) is 24.3 Å². The van der Waals surface area contributed by atoms with E-state index in [1.807, 2.05) is 0 Å². The molecule has 2 aliphatic heterocycles. The lowest BCUT2D eigenvalue weighted by Crippen LogP contribution is -2.38. The van der Waals surface area contributed by atoms with Crippen molar-refractivity contribution < 1.29 is 4.79 Å². The van der Waals surface area contributed by atoms with E-state index in [0.717, 1.165) is 32.5 Å². The maximum absolute atomic E-state index is 13.1. The van der Waals surface area contributed by atoms with Gasteiger partial charge in [0.1, 0.15) is 0 Å². The Balaban J connectivity index is 1.46. The zero-order chi connectivity index (χ0) is 16.0. The maximum atomic E-state index is 13.1. The summed E-state index contributed by atoms with van der Waals surface area (Å²) < 4.78 is 0. The average molecular weight is 312 g/mol. The van der Waals surface area contributed by atoms with Crippen molar-refractivity contribution in [1.82, 2.24) is 10.2 Å². The molecule has 0 aromatic heterocycles. The molecule has 1 N–H and O–H groups in total. The van der Waals surface area contributed by atoms with E-state index in [1.54, 1.807) is 0 Å². The Morgan fingerprint density at radius 1 is 1.26 bits per heavy atom. The van der Waals surface area contributed by atoms with E-state index in [1.165, 1.54) is 24.0 Å². The average Bonchev–Trinajstić information content (AvgIpc) is 3.09. The fourth-order valence-electron chi connectivity index (χ4n) is 4.98. The number of carbonyl (C=O) groups excluding carboxylic acids is 1. The van der Waals surface area contributed by atoms with Gasteiger partial charge in [0, 0.05) is 24.4 Å². The van der Waals surface area contributed by atoms with Crippen LogP contribution < -0.4 is 5.32 Å². The fraction of sp³-hybridized carbons (Fsp3) is 0.650. The number of carbonyl (C=O) groups is 1. The number of hydrogen-bond donors (Lipinski definition) is 1. The predicted molar refractivity (Wildman–Crippen MR) is 92.4 cm³/mol. The van der Waals surface area contributed by atoms with Gasteiger partial charge in [-0.05, 0) is 69.2 Å². The molecular formula is C20H28N2O. The van der Waals surface area contributed by atoms with E-state index in [2.05, 4.69) is 48.3 Å². The van der Waals surface area contributed by atoms with Crippen molar-refractivity contribution in [2.45, 2.75) is 51.5 Å². The van der Waals surface area contributed by atoms with Crippen LogP contribution in [-0.4, -0.2) is 36.5 Å². The van der Waals surface area contributed by atoms with Gasteiger partial charge >= 0.3 is 0 Å². The second-order valence-corrected chi connectivity index (χ2v) is 8.00. The van der Waals surface area contributed by atoms with Gasteiger partial charge < -0.3 is 10.2 Å². The molecule has 3 atom stereocenters. The first kappa shape index (κ1) is 15.2. The topological polar surface area (TPSA) is 32.3 Å². The number of aryl methyl sites for hydroxylation is 1. The number of amides is 1. The molecule has 3 fully saturated rings. The summed E-state index contributed by atoms with van der Waals surface area (Å²) in [5, 5.41) is 3.43. The first-order chi connectivity index (χ1) is 11.1. The summed E-state index contributed by atoms with van der Waals surface area (Å²) in [6.45, 7) is 7.51. The minimum absolute atomic E-state index is 0.308. The monoisotopic (exact) mass is 312 g/mol. The molecule has 0 radical (unpaired) electrons. The van der Waals surface area contributed by atoms with Crippen LogP contribution in [-0.2, 0) is 4.79 Å². The molecule has 1 aromatic rings. The number of piperidine rings is 1. The van der Waals surface area contributed by atoms with Gasteiger partial charge in [0.2, 0.25) is 5.91 Å². The summed E-state index contributed by atoms with van der Waals surface area (Å²) in [5.74, 6) is 1.26. The van der Waals surface area contributed by atoms with Gasteiger partial charge in [0.15, 0.2) is 0 Å². The normalized spacial score (nSPS) is 32.3. The highest BCUT2D eigenvalue weighted by atomic mass is 16.2. The highest BCUT2D eigenvalue weighted by Crippen LogP contribution is 2.59. The zero-order valence-electron chi connectivity index (χ0n) is 14.3. The summed E-state index contributed by atoms with van der Waals surface area (Å²) in [6.07, 6.45) is 4.61. The lowest BCUT2D eigenvalue weighted by atomic mass is 9.91. The van der Waals surface area contributed by atoms with Crippen molar-refractivity contribution in [3.05, 3.63) is 35.4 Å². The number of benzene rings is 1. The van der Waals surface area contributed by atoms with Crippen LogP contribution in [0.2, 0.25) is 0 Å². The first-order valence-electron chi connectivity index (χ1n) is 9.17. The molecule has 1 aliphatic carbocycles. The third-order valence-corrected chi connectivity index (χ3v) is 6.57. The molecule has 3 unspecified atom stereocenters. The summed E-state index contributed by atoms with van der Waals surface area (Å²) in [5.41, 5.74) is 3.14. The maximum Gasteiger partial charge on any atom is 0.226 e. The molecule has 0 bridgehead atoms. The van der Waals surface area contributed by atoms with Crippen molar-refractivity contribution in [3.63, 3.8) is 0 Å². The number of hydrogen-bond acceptors (Lipinski definition) is 2. The van der Waals surface area contributed by atoms with E-state index in [9.17, 15) is 4.79 Å². The molecule has 2 heterocycles. The van der Waals surface area contributed by atoms with Crippen molar-refractivity contribution >= 4 is 5.91 Å². The Morgan fingerprint density at radius 3 is 2.74 bits per heavy atom. The molecule has 2 saturated heterocycles. The first-order valence-corrected chi connectivity index (χ1v) is 9.17. The standard InChI is InChI=1S/C20H28N2O/c1-14-5-3-4-6-17(14)16-11-15(2)22(13-16)19(23)18-12-20(18)7-9-21-10-8-20/h3-6,15-16,18,21H,7-13H2,1-2H3. The number of likely N-dealkylation sites (tertiary alicyclic amines) is 1. The Morgan fingerprint density at radius 2 is 2.00 bits per heavy atom. The Kier molecular flexibility index (Phi) is 3.72. The minimum atomic E-state index is 0.308. The Hall–Kier alpha value is -1.35. The molecule has 124 valence electrons. The van der Waals surface area contributed by atoms with Gasteiger partial charge in [-0.3, -0.25) is 4.79 Å². The Bertz CT molecular complexity index is 605. The lowest BCUT2D eigenvalue weighted by molar-refractivity contribution is -0.134. The molecule has 3 nitrogen and oxygen atoms in total. The van der Waals surface area contributed by atoms with Crippen LogP contribution in [0.4, 0.5) is 0 Å². The van der Waals surface area contributed by atoms with Gasteiger partial charge in [-0.15, -0.1) is 0 Å². The van der Waals surface area contributed by atoms with Gasteiger partial charge in [-0.2, -0.15) is 0 Å². The van der Waals surface area contributed by atoms with Crippen LogP contribution in [0.25, 0.3) is 0 Å². The van der Waals surface area contributed by atoms with Crippen molar-refractivity contribution in [2.75, 3.05) is 19.6 Å². The van der Waals surface area contributed by atoms with Crippen LogP contribution in [0.3, 0.4) is 0 Å². The predicted octanol–water partition coefficient (Wildman–Crippen LogP) is 3.09. The van der Waals surface area contributed by atoms with Crippen LogP contribution in [0, 0.1) is 18.3 Å². The molecule has 23 heavy (non-hydrogen) atoms. The minimum Gasteiger partial charge on any atom is -0.339 e. The quantitative estimate of drug-likeness (QED) is 0.910. The summed E-state index contributed by atoms with van der Waals surface area (Å²) in [4.78, 5) is 15.3. The molecule has 3 heteroatoms. The van der Waals surface area contributed by atoms with Gasteiger partial charge in [0.05, 0.1) is 0 Å². The van der Waals surface area contributed by atoms with E-state index in [-0.39, 0.29) is 0 Å². The molecule has 1 spiro atoms. The summed E-state index contributed by atoms with van der Waals surface area (Å²) in [6, 6.07) is 9.04. The zero-order valence-corrected chi connectivity index (χ0v) is 14.3. The molecule has 3 aliphatic rings. The van der Waals surface area contributed by atoms with E-state index in [4.69, 9.17) is 0 Å². The third-order valence-electron chi connectivity index (χ3n) is 6.57. The molecule has 4 rings (SSSR count).